The lowest BCUT2D eigenvalue weighted by Gasteiger charge is -2.28. The molecule has 0 bridgehead atoms. The molecule has 88 valence electrons. The zero-order valence-electron chi connectivity index (χ0n) is 8.96. The van der Waals surface area contributed by atoms with Crippen LogP contribution in [0.1, 0.15) is 24.4 Å². The van der Waals surface area contributed by atoms with Gasteiger partial charge in [0.1, 0.15) is 5.82 Å². The van der Waals surface area contributed by atoms with E-state index in [2.05, 4.69) is 15.9 Å². The fourth-order valence-electron chi connectivity index (χ4n) is 2.10. The van der Waals surface area contributed by atoms with Crippen molar-refractivity contribution in [3.63, 3.8) is 0 Å². The van der Waals surface area contributed by atoms with Crippen LogP contribution in [0.15, 0.2) is 22.7 Å². The molecule has 1 atom stereocenters. The van der Waals surface area contributed by atoms with Gasteiger partial charge in [0, 0.05) is 29.3 Å². The second-order valence-corrected chi connectivity index (χ2v) is 5.06. The predicted octanol–water partition coefficient (Wildman–Crippen LogP) is 3.01. The zero-order valence-corrected chi connectivity index (χ0v) is 10.5. The van der Waals surface area contributed by atoms with Crippen molar-refractivity contribution in [1.82, 2.24) is 0 Å². The van der Waals surface area contributed by atoms with E-state index in [1.807, 2.05) is 6.07 Å². The van der Waals surface area contributed by atoms with Crippen molar-refractivity contribution >= 4 is 15.9 Å². The van der Waals surface area contributed by atoms with Crippen molar-refractivity contribution in [2.45, 2.75) is 18.9 Å². The van der Waals surface area contributed by atoms with Crippen LogP contribution >= 0.6 is 15.9 Å². The molecule has 4 heteroatoms. The molecule has 0 unspecified atom stereocenters. The normalized spacial score (nSPS) is 19.7. The average molecular weight is 288 g/mol. The monoisotopic (exact) mass is 287 g/mol. The summed E-state index contributed by atoms with van der Waals surface area (Å²) in [5.41, 5.74) is 6.72. The zero-order chi connectivity index (χ0) is 11.5. The largest absolute Gasteiger partial charge is 0.381 e. The quantitative estimate of drug-likeness (QED) is 0.908. The molecule has 1 aromatic rings. The first kappa shape index (κ1) is 12.0. The number of benzene rings is 1. The molecule has 0 saturated carbocycles. The molecular weight excluding hydrogens is 273 g/mol. The third-order valence-corrected chi connectivity index (χ3v) is 3.59. The molecule has 2 rings (SSSR count). The number of hydrogen-bond donors (Lipinski definition) is 1. The van der Waals surface area contributed by atoms with Crippen LogP contribution in [0.25, 0.3) is 0 Å². The van der Waals surface area contributed by atoms with Gasteiger partial charge in [0.15, 0.2) is 0 Å². The topological polar surface area (TPSA) is 35.2 Å². The SMILES string of the molecule is N[C@H](c1ccc(Br)cc1F)C1CCOCC1. The lowest BCUT2D eigenvalue weighted by Crippen LogP contribution is -2.28. The lowest BCUT2D eigenvalue weighted by atomic mass is 9.87. The van der Waals surface area contributed by atoms with Gasteiger partial charge in [-0.3, -0.25) is 0 Å². The molecule has 0 aliphatic carbocycles. The van der Waals surface area contributed by atoms with E-state index in [9.17, 15) is 4.39 Å². The standard InChI is InChI=1S/C12H15BrFNO/c13-9-1-2-10(11(14)7-9)12(15)8-3-5-16-6-4-8/h1-2,7-8,12H,3-6,15H2/t12-/m0/s1. The summed E-state index contributed by atoms with van der Waals surface area (Å²) >= 11 is 3.24. The summed E-state index contributed by atoms with van der Waals surface area (Å²) < 4.78 is 19.7. The maximum absolute atomic E-state index is 13.7. The molecule has 1 heterocycles. The molecule has 2 N–H and O–H groups in total. The minimum absolute atomic E-state index is 0.225. The van der Waals surface area contributed by atoms with E-state index in [4.69, 9.17) is 10.5 Å². The molecule has 16 heavy (non-hydrogen) atoms. The van der Waals surface area contributed by atoms with Crippen LogP contribution in [-0.4, -0.2) is 13.2 Å². The first-order chi connectivity index (χ1) is 7.68. The highest BCUT2D eigenvalue weighted by Crippen LogP contribution is 2.30. The number of rotatable bonds is 2. The molecule has 1 saturated heterocycles. The lowest BCUT2D eigenvalue weighted by molar-refractivity contribution is 0.0580. The Hall–Kier alpha value is -0.450. The van der Waals surface area contributed by atoms with Gasteiger partial charge in [-0.1, -0.05) is 22.0 Å². The van der Waals surface area contributed by atoms with E-state index in [1.54, 1.807) is 6.07 Å². The predicted molar refractivity (Wildman–Crippen MR) is 64.6 cm³/mol. The molecule has 2 nitrogen and oxygen atoms in total. The Morgan fingerprint density at radius 3 is 2.69 bits per heavy atom. The van der Waals surface area contributed by atoms with E-state index in [-0.39, 0.29) is 11.9 Å². The summed E-state index contributed by atoms with van der Waals surface area (Å²) in [4.78, 5) is 0. The van der Waals surface area contributed by atoms with E-state index in [0.29, 0.717) is 11.5 Å². The highest BCUT2D eigenvalue weighted by molar-refractivity contribution is 9.10. The van der Waals surface area contributed by atoms with Crippen molar-refractivity contribution in [2.75, 3.05) is 13.2 Å². The second kappa shape index (κ2) is 5.25. The van der Waals surface area contributed by atoms with Gasteiger partial charge in [0.25, 0.3) is 0 Å². The minimum atomic E-state index is -0.228. The Balaban J connectivity index is 2.15. The minimum Gasteiger partial charge on any atom is -0.381 e. The van der Waals surface area contributed by atoms with Crippen LogP contribution in [0.5, 0.6) is 0 Å². The van der Waals surface area contributed by atoms with Crippen molar-refractivity contribution in [3.8, 4) is 0 Å². The van der Waals surface area contributed by atoms with Gasteiger partial charge in [-0.2, -0.15) is 0 Å². The molecule has 0 radical (unpaired) electrons. The van der Waals surface area contributed by atoms with E-state index < -0.39 is 0 Å². The van der Waals surface area contributed by atoms with Crippen LogP contribution < -0.4 is 5.73 Å². The number of nitrogens with two attached hydrogens (primary N) is 1. The third kappa shape index (κ3) is 2.62. The van der Waals surface area contributed by atoms with Crippen LogP contribution in [0.3, 0.4) is 0 Å². The fraction of sp³-hybridized carbons (Fsp3) is 0.500. The van der Waals surface area contributed by atoms with Crippen molar-refractivity contribution in [1.29, 1.82) is 0 Å². The smallest absolute Gasteiger partial charge is 0.129 e. The molecule has 1 aliphatic heterocycles. The summed E-state index contributed by atoms with van der Waals surface area (Å²) in [5.74, 6) is 0.0952. The maximum Gasteiger partial charge on any atom is 0.129 e. The summed E-state index contributed by atoms with van der Waals surface area (Å²) in [6, 6.07) is 4.84. The van der Waals surface area contributed by atoms with Gasteiger partial charge in [0.2, 0.25) is 0 Å². The molecule has 1 fully saturated rings. The van der Waals surface area contributed by atoms with Gasteiger partial charge in [0.05, 0.1) is 0 Å². The molecule has 0 aromatic heterocycles. The van der Waals surface area contributed by atoms with Gasteiger partial charge in [-0.05, 0) is 30.9 Å². The first-order valence-corrected chi connectivity index (χ1v) is 6.26. The summed E-state index contributed by atoms with van der Waals surface area (Å²) in [7, 11) is 0. The van der Waals surface area contributed by atoms with Crippen molar-refractivity contribution < 1.29 is 9.13 Å². The summed E-state index contributed by atoms with van der Waals surface area (Å²) in [6.07, 6.45) is 1.83. The summed E-state index contributed by atoms with van der Waals surface area (Å²) in [5, 5.41) is 0. The van der Waals surface area contributed by atoms with Crippen LogP contribution in [0.2, 0.25) is 0 Å². The molecule has 0 spiro atoms. The molecular formula is C12H15BrFNO. The van der Waals surface area contributed by atoms with E-state index in [0.717, 1.165) is 30.5 Å². The summed E-state index contributed by atoms with van der Waals surface area (Å²) in [6.45, 7) is 1.47. The van der Waals surface area contributed by atoms with Gasteiger partial charge < -0.3 is 10.5 Å². The number of hydrogen-bond acceptors (Lipinski definition) is 2. The third-order valence-electron chi connectivity index (χ3n) is 3.10. The average Bonchev–Trinajstić information content (AvgIpc) is 2.29. The fourth-order valence-corrected chi connectivity index (χ4v) is 2.43. The van der Waals surface area contributed by atoms with Crippen LogP contribution in [0.4, 0.5) is 4.39 Å². The molecule has 0 amide bonds. The van der Waals surface area contributed by atoms with Crippen molar-refractivity contribution in [2.24, 2.45) is 11.7 Å². The Kier molecular flexibility index (Phi) is 3.95. The second-order valence-electron chi connectivity index (χ2n) is 4.14. The van der Waals surface area contributed by atoms with Crippen LogP contribution in [-0.2, 0) is 4.74 Å². The Morgan fingerprint density at radius 1 is 1.38 bits per heavy atom. The molecule has 1 aromatic carbocycles. The van der Waals surface area contributed by atoms with E-state index in [1.165, 1.54) is 6.07 Å². The Bertz CT molecular complexity index is 366. The van der Waals surface area contributed by atoms with E-state index >= 15 is 0 Å². The van der Waals surface area contributed by atoms with Crippen molar-refractivity contribution in [3.05, 3.63) is 34.1 Å². The highest BCUT2D eigenvalue weighted by Gasteiger charge is 2.24. The number of halogens is 2. The van der Waals surface area contributed by atoms with Gasteiger partial charge in [-0.25, -0.2) is 4.39 Å². The van der Waals surface area contributed by atoms with Crippen LogP contribution in [0, 0.1) is 11.7 Å². The van der Waals surface area contributed by atoms with Gasteiger partial charge in [-0.15, -0.1) is 0 Å². The number of ether oxygens (including phenoxy) is 1. The van der Waals surface area contributed by atoms with Gasteiger partial charge >= 0.3 is 0 Å². The molecule has 1 aliphatic rings. The maximum atomic E-state index is 13.7. The Morgan fingerprint density at radius 2 is 2.06 bits per heavy atom. The highest BCUT2D eigenvalue weighted by atomic mass is 79.9. The first-order valence-electron chi connectivity index (χ1n) is 5.47. The Labute approximate surface area is 103 Å².